The van der Waals surface area contributed by atoms with Crippen LogP contribution in [0.2, 0.25) is 0 Å². The first-order valence-corrected chi connectivity index (χ1v) is 4.77. The monoisotopic (exact) mass is 154 g/mol. The molecular weight excluding hydrogens is 136 g/mol. The summed E-state index contributed by atoms with van der Waals surface area (Å²) in [6.45, 7) is 4.73. The van der Waals surface area contributed by atoms with Crippen molar-refractivity contribution in [3.05, 3.63) is 0 Å². The Morgan fingerprint density at radius 2 is 2.09 bits per heavy atom. The fourth-order valence-electron chi connectivity index (χ4n) is 2.06. The molecule has 2 aliphatic rings. The van der Waals surface area contributed by atoms with E-state index in [0.29, 0.717) is 6.04 Å². The number of nitrogens with zero attached hydrogens (tertiary/aromatic N) is 1. The number of hydrogen-bond donors (Lipinski definition) is 1. The predicted octanol–water partition coefficient (Wildman–Crippen LogP) is 0.818. The average molecular weight is 154 g/mol. The van der Waals surface area contributed by atoms with E-state index < -0.39 is 0 Å². The lowest BCUT2D eigenvalue weighted by molar-refractivity contribution is 0.232. The van der Waals surface area contributed by atoms with Crippen molar-refractivity contribution in [2.24, 2.45) is 11.7 Å². The molecule has 64 valence electrons. The third kappa shape index (κ3) is 1.57. The Labute approximate surface area is 68.7 Å². The number of nitrogens with two attached hydrogens (primary N) is 1. The second kappa shape index (κ2) is 2.76. The Hall–Kier alpha value is -0.0800. The van der Waals surface area contributed by atoms with Gasteiger partial charge in [0.1, 0.15) is 0 Å². The van der Waals surface area contributed by atoms with E-state index in [1.54, 1.807) is 0 Å². The van der Waals surface area contributed by atoms with E-state index in [9.17, 15) is 0 Å². The van der Waals surface area contributed by atoms with Gasteiger partial charge in [-0.05, 0) is 32.1 Å². The zero-order valence-corrected chi connectivity index (χ0v) is 7.29. The topological polar surface area (TPSA) is 29.3 Å². The molecule has 1 aliphatic carbocycles. The summed E-state index contributed by atoms with van der Waals surface area (Å²) < 4.78 is 0. The van der Waals surface area contributed by atoms with Crippen molar-refractivity contribution < 1.29 is 0 Å². The van der Waals surface area contributed by atoms with E-state index in [0.717, 1.165) is 18.5 Å². The first-order valence-electron chi connectivity index (χ1n) is 4.77. The highest BCUT2D eigenvalue weighted by Crippen LogP contribution is 2.35. The highest BCUT2D eigenvalue weighted by Gasteiger charge is 2.34. The second-order valence-corrected chi connectivity index (χ2v) is 4.12. The van der Waals surface area contributed by atoms with Gasteiger partial charge in [-0.3, -0.25) is 4.90 Å². The minimum Gasteiger partial charge on any atom is -0.326 e. The van der Waals surface area contributed by atoms with Gasteiger partial charge in [0.2, 0.25) is 0 Å². The Kier molecular flexibility index (Phi) is 1.90. The standard InChI is InChI=1S/C9H18N2/c1-7(8-2-3-8)11-5-4-9(10)6-11/h7-9H,2-6,10H2,1H3. The predicted molar refractivity (Wildman–Crippen MR) is 46.4 cm³/mol. The molecule has 2 unspecified atom stereocenters. The van der Waals surface area contributed by atoms with E-state index in [1.807, 2.05) is 0 Å². The fraction of sp³-hybridized carbons (Fsp3) is 1.00. The van der Waals surface area contributed by atoms with Crippen molar-refractivity contribution in [1.29, 1.82) is 0 Å². The molecule has 0 radical (unpaired) electrons. The van der Waals surface area contributed by atoms with Crippen LogP contribution in [-0.2, 0) is 0 Å². The zero-order chi connectivity index (χ0) is 7.84. The number of rotatable bonds is 2. The molecule has 0 aromatic rings. The van der Waals surface area contributed by atoms with Crippen LogP contribution in [0.5, 0.6) is 0 Å². The minimum atomic E-state index is 0.455. The number of hydrogen-bond acceptors (Lipinski definition) is 2. The first-order chi connectivity index (χ1) is 5.27. The average Bonchev–Trinajstić information content (AvgIpc) is 2.74. The van der Waals surface area contributed by atoms with Crippen LogP contribution in [0.3, 0.4) is 0 Å². The van der Waals surface area contributed by atoms with Crippen LogP contribution in [0.25, 0.3) is 0 Å². The quantitative estimate of drug-likeness (QED) is 0.638. The molecule has 2 rings (SSSR count). The molecule has 0 spiro atoms. The Balaban J connectivity index is 1.84. The van der Waals surface area contributed by atoms with Crippen molar-refractivity contribution in [2.45, 2.75) is 38.3 Å². The molecule has 0 aromatic heterocycles. The lowest BCUT2D eigenvalue weighted by Crippen LogP contribution is -2.34. The lowest BCUT2D eigenvalue weighted by Gasteiger charge is -2.23. The molecular formula is C9H18N2. The summed E-state index contributed by atoms with van der Waals surface area (Å²) in [5, 5.41) is 0. The Morgan fingerprint density at radius 3 is 2.55 bits per heavy atom. The smallest absolute Gasteiger partial charge is 0.0180 e. The molecule has 1 saturated carbocycles. The Bertz CT molecular complexity index is 142. The van der Waals surface area contributed by atoms with Gasteiger partial charge in [-0.2, -0.15) is 0 Å². The molecule has 11 heavy (non-hydrogen) atoms. The van der Waals surface area contributed by atoms with Crippen molar-refractivity contribution in [3.8, 4) is 0 Å². The van der Waals surface area contributed by atoms with E-state index >= 15 is 0 Å². The third-order valence-corrected chi connectivity index (χ3v) is 3.14. The molecule has 2 N–H and O–H groups in total. The van der Waals surface area contributed by atoms with Gasteiger partial charge in [-0.25, -0.2) is 0 Å². The molecule has 0 bridgehead atoms. The van der Waals surface area contributed by atoms with Crippen molar-refractivity contribution in [3.63, 3.8) is 0 Å². The minimum absolute atomic E-state index is 0.455. The van der Waals surface area contributed by atoms with E-state index in [-0.39, 0.29) is 0 Å². The molecule has 1 heterocycles. The maximum atomic E-state index is 5.84. The van der Waals surface area contributed by atoms with Gasteiger partial charge in [0.15, 0.2) is 0 Å². The number of likely N-dealkylation sites (tertiary alicyclic amines) is 1. The van der Waals surface area contributed by atoms with E-state index in [1.165, 1.54) is 25.8 Å². The van der Waals surface area contributed by atoms with Crippen molar-refractivity contribution in [1.82, 2.24) is 4.90 Å². The first kappa shape index (κ1) is 7.56. The molecule has 2 nitrogen and oxygen atoms in total. The SMILES string of the molecule is CC(C1CC1)N1CCC(N)C1. The van der Waals surface area contributed by atoms with Gasteiger partial charge >= 0.3 is 0 Å². The van der Waals surface area contributed by atoms with Crippen LogP contribution in [0.4, 0.5) is 0 Å². The summed E-state index contributed by atoms with van der Waals surface area (Å²) in [5.74, 6) is 1.00. The summed E-state index contributed by atoms with van der Waals surface area (Å²) in [4.78, 5) is 2.56. The van der Waals surface area contributed by atoms with Crippen molar-refractivity contribution in [2.75, 3.05) is 13.1 Å². The third-order valence-electron chi connectivity index (χ3n) is 3.14. The van der Waals surface area contributed by atoms with Gasteiger partial charge in [0.25, 0.3) is 0 Å². The molecule has 1 saturated heterocycles. The van der Waals surface area contributed by atoms with Gasteiger partial charge in [0, 0.05) is 25.2 Å². The fourth-order valence-corrected chi connectivity index (χ4v) is 2.06. The molecule has 1 aliphatic heterocycles. The summed E-state index contributed by atoms with van der Waals surface area (Å²) in [6, 6.07) is 1.26. The Morgan fingerprint density at radius 1 is 1.36 bits per heavy atom. The summed E-state index contributed by atoms with van der Waals surface area (Å²) in [7, 11) is 0. The van der Waals surface area contributed by atoms with Crippen LogP contribution >= 0.6 is 0 Å². The molecule has 2 heteroatoms. The lowest BCUT2D eigenvalue weighted by atomic mass is 10.2. The van der Waals surface area contributed by atoms with Crippen LogP contribution in [0, 0.1) is 5.92 Å². The summed E-state index contributed by atoms with van der Waals surface area (Å²) in [5.41, 5.74) is 5.84. The maximum absolute atomic E-state index is 5.84. The van der Waals surface area contributed by atoms with E-state index in [2.05, 4.69) is 11.8 Å². The van der Waals surface area contributed by atoms with Crippen LogP contribution < -0.4 is 5.73 Å². The molecule has 2 atom stereocenters. The van der Waals surface area contributed by atoms with Crippen molar-refractivity contribution >= 4 is 0 Å². The summed E-state index contributed by atoms with van der Waals surface area (Å²) >= 11 is 0. The molecule has 2 fully saturated rings. The highest BCUT2D eigenvalue weighted by atomic mass is 15.2. The molecule has 0 amide bonds. The highest BCUT2D eigenvalue weighted by molar-refractivity contribution is 4.89. The zero-order valence-electron chi connectivity index (χ0n) is 7.29. The van der Waals surface area contributed by atoms with Gasteiger partial charge < -0.3 is 5.73 Å². The van der Waals surface area contributed by atoms with Crippen LogP contribution in [0.1, 0.15) is 26.2 Å². The van der Waals surface area contributed by atoms with Gasteiger partial charge in [-0.1, -0.05) is 0 Å². The van der Waals surface area contributed by atoms with E-state index in [4.69, 9.17) is 5.73 Å². The molecule has 0 aromatic carbocycles. The second-order valence-electron chi connectivity index (χ2n) is 4.12. The van der Waals surface area contributed by atoms with Gasteiger partial charge in [-0.15, -0.1) is 0 Å². The summed E-state index contributed by atoms with van der Waals surface area (Å²) in [6.07, 6.45) is 4.11. The van der Waals surface area contributed by atoms with Gasteiger partial charge in [0.05, 0.1) is 0 Å². The van der Waals surface area contributed by atoms with Crippen LogP contribution in [0.15, 0.2) is 0 Å². The largest absolute Gasteiger partial charge is 0.326 e. The normalized spacial score (nSPS) is 36.0. The maximum Gasteiger partial charge on any atom is 0.0180 e. The van der Waals surface area contributed by atoms with Crippen LogP contribution in [-0.4, -0.2) is 30.1 Å².